The van der Waals surface area contributed by atoms with Crippen molar-refractivity contribution in [2.45, 2.75) is 31.0 Å². The van der Waals surface area contributed by atoms with E-state index in [2.05, 4.69) is 5.10 Å². The third kappa shape index (κ3) is 3.88. The maximum atomic E-state index is 11.9. The largest absolute Gasteiger partial charge is 0.402 e. The van der Waals surface area contributed by atoms with Crippen LogP contribution >= 0.6 is 0 Å². The third-order valence-corrected chi connectivity index (χ3v) is 3.38. The van der Waals surface area contributed by atoms with Crippen LogP contribution < -0.4 is 10.5 Å². The Bertz CT molecular complexity index is 509. The van der Waals surface area contributed by atoms with Gasteiger partial charge >= 0.3 is 6.18 Å². The smallest absolute Gasteiger partial charge is 0.381 e. The molecule has 0 radical (unpaired) electrons. The Morgan fingerprint density at radius 2 is 2.11 bits per heavy atom. The van der Waals surface area contributed by atoms with Crippen LogP contribution in [0.25, 0.3) is 0 Å². The molecule has 0 aliphatic rings. The summed E-state index contributed by atoms with van der Waals surface area (Å²) in [4.78, 5) is -0.444. The summed E-state index contributed by atoms with van der Waals surface area (Å²) in [6.45, 7) is 0.626. The van der Waals surface area contributed by atoms with E-state index in [0.717, 1.165) is 6.20 Å². The normalized spacial score (nSPS) is 12.9. The Morgan fingerprint density at radius 3 is 2.61 bits per heavy atom. The Kier molecular flexibility index (Phi) is 4.22. The van der Waals surface area contributed by atoms with E-state index in [0.29, 0.717) is 13.0 Å². The second kappa shape index (κ2) is 5.14. The Balaban J connectivity index is 2.91. The van der Waals surface area contributed by atoms with Crippen LogP contribution in [0, 0.1) is 0 Å². The Morgan fingerprint density at radius 1 is 1.50 bits per heavy atom. The lowest BCUT2D eigenvalue weighted by atomic mass is 10.5. The first-order chi connectivity index (χ1) is 8.15. The fourth-order valence-corrected chi connectivity index (χ4v) is 2.31. The third-order valence-electron chi connectivity index (χ3n) is 1.96. The summed E-state index contributed by atoms with van der Waals surface area (Å²) in [5.74, 6) is -0.321. The van der Waals surface area contributed by atoms with E-state index in [1.165, 1.54) is 9.40 Å². The lowest BCUT2D eigenvalue weighted by Crippen LogP contribution is -2.33. The molecule has 1 rings (SSSR count). The number of aromatic nitrogens is 2. The lowest BCUT2D eigenvalue weighted by Gasteiger charge is -2.07. The van der Waals surface area contributed by atoms with Crippen LogP contribution in [0.3, 0.4) is 0 Å². The van der Waals surface area contributed by atoms with Crippen LogP contribution in [0.2, 0.25) is 0 Å². The van der Waals surface area contributed by atoms with Crippen LogP contribution in [-0.4, -0.2) is 30.9 Å². The van der Waals surface area contributed by atoms with E-state index in [1.54, 1.807) is 0 Å². The molecule has 0 spiro atoms. The van der Waals surface area contributed by atoms with E-state index < -0.39 is 27.6 Å². The number of nitrogens with zero attached hydrogens (tertiary/aromatic N) is 2. The standard InChI is InChI=1S/C8H13F3N4O2S/c1-2-3-15-4-6(7(12)14-15)18(16,17)13-5-8(9,10)11/h4,13H,2-3,5H2,1H3,(H2,12,14). The van der Waals surface area contributed by atoms with Gasteiger partial charge in [-0.2, -0.15) is 18.3 Å². The van der Waals surface area contributed by atoms with E-state index in [1.807, 2.05) is 6.92 Å². The minimum Gasteiger partial charge on any atom is -0.381 e. The second-order valence-corrected chi connectivity index (χ2v) is 5.32. The summed E-state index contributed by atoms with van der Waals surface area (Å²) in [6, 6.07) is 0. The quantitative estimate of drug-likeness (QED) is 0.834. The molecule has 3 N–H and O–H groups in total. The zero-order valence-corrected chi connectivity index (χ0v) is 10.3. The molecule has 0 fully saturated rings. The van der Waals surface area contributed by atoms with Gasteiger partial charge in [0.1, 0.15) is 11.4 Å². The van der Waals surface area contributed by atoms with Crippen molar-refractivity contribution in [1.29, 1.82) is 0 Å². The molecule has 1 heterocycles. The van der Waals surface area contributed by atoms with Gasteiger partial charge in [-0.3, -0.25) is 4.68 Å². The molecule has 1 aromatic rings. The SMILES string of the molecule is CCCn1cc(S(=O)(=O)NCC(F)(F)F)c(N)n1. The van der Waals surface area contributed by atoms with Crippen molar-refractivity contribution in [1.82, 2.24) is 14.5 Å². The number of aryl methyl sites for hydroxylation is 1. The molecule has 0 bridgehead atoms. The molecule has 0 saturated carbocycles. The van der Waals surface area contributed by atoms with Crippen LogP contribution in [0.4, 0.5) is 19.0 Å². The van der Waals surface area contributed by atoms with Crippen molar-refractivity contribution >= 4 is 15.8 Å². The molecule has 18 heavy (non-hydrogen) atoms. The molecule has 0 amide bonds. The molecule has 10 heteroatoms. The molecular formula is C8H13F3N4O2S. The summed E-state index contributed by atoms with van der Waals surface area (Å²) in [7, 11) is -4.30. The van der Waals surface area contributed by atoms with Gasteiger partial charge in [-0.15, -0.1) is 0 Å². The van der Waals surface area contributed by atoms with Crippen molar-refractivity contribution < 1.29 is 21.6 Å². The summed E-state index contributed by atoms with van der Waals surface area (Å²) < 4.78 is 61.7. The molecule has 1 aromatic heterocycles. The van der Waals surface area contributed by atoms with Gasteiger partial charge in [0, 0.05) is 12.7 Å². The molecule has 0 aromatic carbocycles. The molecular weight excluding hydrogens is 273 g/mol. The van der Waals surface area contributed by atoms with Gasteiger partial charge in [0.25, 0.3) is 0 Å². The van der Waals surface area contributed by atoms with E-state index in [9.17, 15) is 21.6 Å². The van der Waals surface area contributed by atoms with Gasteiger partial charge in [-0.1, -0.05) is 6.92 Å². The Hall–Kier alpha value is -1.29. The first-order valence-corrected chi connectivity index (χ1v) is 6.53. The number of nitrogens with one attached hydrogen (secondary N) is 1. The van der Waals surface area contributed by atoms with Gasteiger partial charge < -0.3 is 5.73 Å². The van der Waals surface area contributed by atoms with Gasteiger partial charge in [0.05, 0.1) is 0 Å². The predicted molar refractivity (Wildman–Crippen MR) is 58.2 cm³/mol. The number of halogens is 3. The average molecular weight is 286 g/mol. The fourth-order valence-electron chi connectivity index (χ4n) is 1.22. The zero-order valence-electron chi connectivity index (χ0n) is 9.53. The number of sulfonamides is 1. The maximum Gasteiger partial charge on any atom is 0.402 e. The molecule has 0 aliphatic heterocycles. The number of rotatable bonds is 5. The lowest BCUT2D eigenvalue weighted by molar-refractivity contribution is -0.121. The zero-order chi connectivity index (χ0) is 14.0. The topological polar surface area (TPSA) is 90.0 Å². The van der Waals surface area contributed by atoms with Gasteiger partial charge in [0.2, 0.25) is 10.0 Å². The molecule has 0 saturated heterocycles. The van der Waals surface area contributed by atoms with Crippen molar-refractivity contribution in [2.75, 3.05) is 12.3 Å². The highest BCUT2D eigenvalue weighted by atomic mass is 32.2. The highest BCUT2D eigenvalue weighted by molar-refractivity contribution is 7.89. The van der Waals surface area contributed by atoms with Gasteiger partial charge in [-0.05, 0) is 6.42 Å². The molecule has 0 unspecified atom stereocenters. The number of anilines is 1. The van der Waals surface area contributed by atoms with Crippen LogP contribution in [0.1, 0.15) is 13.3 Å². The fraction of sp³-hybridized carbons (Fsp3) is 0.625. The highest BCUT2D eigenvalue weighted by Gasteiger charge is 2.31. The maximum absolute atomic E-state index is 11.9. The molecule has 104 valence electrons. The van der Waals surface area contributed by atoms with E-state index in [-0.39, 0.29) is 5.82 Å². The highest BCUT2D eigenvalue weighted by Crippen LogP contribution is 2.18. The monoisotopic (exact) mass is 286 g/mol. The number of nitrogen functional groups attached to an aromatic ring is 1. The molecule has 0 atom stereocenters. The summed E-state index contributed by atoms with van der Waals surface area (Å²) in [5, 5.41) is 3.71. The number of alkyl halides is 3. The van der Waals surface area contributed by atoms with Gasteiger partial charge in [-0.25, -0.2) is 13.1 Å². The van der Waals surface area contributed by atoms with Crippen molar-refractivity contribution in [2.24, 2.45) is 0 Å². The summed E-state index contributed by atoms with van der Waals surface area (Å²) in [6.07, 6.45) is -2.82. The summed E-state index contributed by atoms with van der Waals surface area (Å²) >= 11 is 0. The number of hydrogen-bond donors (Lipinski definition) is 2. The molecule has 6 nitrogen and oxygen atoms in total. The van der Waals surface area contributed by atoms with Crippen LogP contribution in [0.5, 0.6) is 0 Å². The summed E-state index contributed by atoms with van der Waals surface area (Å²) in [5.41, 5.74) is 5.36. The second-order valence-electron chi connectivity index (χ2n) is 3.58. The number of hydrogen-bond acceptors (Lipinski definition) is 4. The minimum absolute atomic E-state index is 0.321. The van der Waals surface area contributed by atoms with Crippen molar-refractivity contribution in [3.8, 4) is 0 Å². The predicted octanol–water partition coefficient (Wildman–Crippen LogP) is 0.716. The van der Waals surface area contributed by atoms with Crippen molar-refractivity contribution in [3.05, 3.63) is 6.20 Å². The van der Waals surface area contributed by atoms with E-state index in [4.69, 9.17) is 5.73 Å². The minimum atomic E-state index is -4.62. The first-order valence-electron chi connectivity index (χ1n) is 5.05. The van der Waals surface area contributed by atoms with Gasteiger partial charge in [0.15, 0.2) is 5.82 Å². The van der Waals surface area contributed by atoms with Crippen LogP contribution in [0.15, 0.2) is 11.1 Å². The van der Waals surface area contributed by atoms with Crippen LogP contribution in [-0.2, 0) is 16.6 Å². The van der Waals surface area contributed by atoms with Crippen molar-refractivity contribution in [3.63, 3.8) is 0 Å². The molecule has 0 aliphatic carbocycles. The van der Waals surface area contributed by atoms with E-state index >= 15 is 0 Å². The number of nitrogens with two attached hydrogens (primary N) is 1. The Labute approximate surface area is 102 Å². The average Bonchev–Trinajstić information content (AvgIpc) is 2.57. The first kappa shape index (κ1) is 14.8.